The monoisotopic (exact) mass is 189 g/mol. The lowest BCUT2D eigenvalue weighted by atomic mass is 10.1. The second kappa shape index (κ2) is 6.36. The zero-order valence-electron chi connectivity index (χ0n) is 9.49. The van der Waals surface area contributed by atoms with Crippen molar-refractivity contribution in [3.63, 3.8) is 0 Å². The van der Waals surface area contributed by atoms with Crippen LogP contribution >= 0.6 is 0 Å². The predicted octanol–water partition coefficient (Wildman–Crippen LogP) is 3.29. The topological polar surface area (TPSA) is 12.0 Å². The van der Waals surface area contributed by atoms with Gasteiger partial charge in [-0.25, -0.2) is 4.39 Å². The maximum absolute atomic E-state index is 13.2. The summed E-state index contributed by atoms with van der Waals surface area (Å²) in [7, 11) is 0. The number of nitrogens with one attached hydrogen (secondary N) is 1. The maximum atomic E-state index is 13.2. The zero-order chi connectivity index (χ0) is 10.3. The van der Waals surface area contributed by atoms with E-state index in [1.165, 1.54) is 6.42 Å². The minimum Gasteiger partial charge on any atom is -0.309 e. The normalized spacial score (nSPS) is 14.5. The summed E-state index contributed by atoms with van der Waals surface area (Å²) in [5.41, 5.74) is 0.0368. The fourth-order valence-corrected chi connectivity index (χ4v) is 1.13. The van der Waals surface area contributed by atoms with Crippen LogP contribution in [0, 0.1) is 0 Å². The average molecular weight is 189 g/mol. The molecule has 80 valence electrons. The Morgan fingerprint density at radius 1 is 1.23 bits per heavy atom. The molecule has 0 bridgehead atoms. The van der Waals surface area contributed by atoms with Crippen LogP contribution in [-0.2, 0) is 0 Å². The molecular formula is C11H24FN. The Kier molecular flexibility index (Phi) is 6.31. The van der Waals surface area contributed by atoms with Crippen LogP contribution in [0.4, 0.5) is 4.39 Å². The lowest BCUT2D eigenvalue weighted by Crippen LogP contribution is -2.39. The van der Waals surface area contributed by atoms with Crippen LogP contribution in [-0.4, -0.2) is 18.3 Å². The van der Waals surface area contributed by atoms with E-state index < -0.39 is 6.17 Å². The van der Waals surface area contributed by atoms with Gasteiger partial charge in [0.2, 0.25) is 0 Å². The standard InChI is InChI=1S/C11H24FN/c1-5-6-7-8-10(12)9-13-11(2,3)4/h10,13H,5-9H2,1-4H3. The summed E-state index contributed by atoms with van der Waals surface area (Å²) in [4.78, 5) is 0. The first-order valence-electron chi connectivity index (χ1n) is 5.35. The van der Waals surface area contributed by atoms with E-state index in [1.807, 2.05) is 0 Å². The van der Waals surface area contributed by atoms with Crippen LogP contribution < -0.4 is 5.32 Å². The number of hydrogen-bond acceptors (Lipinski definition) is 1. The van der Waals surface area contributed by atoms with Crippen molar-refractivity contribution in [1.29, 1.82) is 0 Å². The van der Waals surface area contributed by atoms with Gasteiger partial charge in [-0.2, -0.15) is 0 Å². The summed E-state index contributed by atoms with van der Waals surface area (Å²) in [5, 5.41) is 3.17. The van der Waals surface area contributed by atoms with Crippen LogP contribution in [0.25, 0.3) is 0 Å². The molecule has 1 nitrogen and oxygen atoms in total. The number of unbranched alkanes of at least 4 members (excludes halogenated alkanes) is 2. The highest BCUT2D eigenvalue weighted by Gasteiger charge is 2.12. The second-order valence-electron chi connectivity index (χ2n) is 4.72. The summed E-state index contributed by atoms with van der Waals surface area (Å²) in [5.74, 6) is 0. The van der Waals surface area contributed by atoms with Gasteiger partial charge in [-0.05, 0) is 27.2 Å². The summed E-state index contributed by atoms with van der Waals surface area (Å²) < 4.78 is 13.2. The molecule has 0 spiro atoms. The third-order valence-corrected chi connectivity index (χ3v) is 1.97. The van der Waals surface area contributed by atoms with Gasteiger partial charge in [0.15, 0.2) is 0 Å². The van der Waals surface area contributed by atoms with Crippen molar-refractivity contribution < 1.29 is 4.39 Å². The molecule has 0 saturated carbocycles. The first-order valence-corrected chi connectivity index (χ1v) is 5.35. The molecule has 1 unspecified atom stereocenters. The Hall–Kier alpha value is -0.110. The molecule has 0 saturated heterocycles. The molecule has 1 atom stereocenters. The number of rotatable bonds is 6. The van der Waals surface area contributed by atoms with E-state index in [4.69, 9.17) is 0 Å². The Balaban J connectivity index is 3.35. The van der Waals surface area contributed by atoms with Gasteiger partial charge >= 0.3 is 0 Å². The molecule has 0 aromatic carbocycles. The Morgan fingerprint density at radius 3 is 2.31 bits per heavy atom. The summed E-state index contributed by atoms with van der Waals surface area (Å²) >= 11 is 0. The lowest BCUT2D eigenvalue weighted by Gasteiger charge is -2.21. The Morgan fingerprint density at radius 2 is 1.85 bits per heavy atom. The summed E-state index contributed by atoms with van der Waals surface area (Å²) in [6.07, 6.45) is 3.36. The molecule has 0 aliphatic carbocycles. The number of hydrogen-bond donors (Lipinski definition) is 1. The molecule has 0 aliphatic rings. The molecule has 1 N–H and O–H groups in total. The highest BCUT2D eigenvalue weighted by atomic mass is 19.1. The van der Waals surface area contributed by atoms with E-state index in [0.29, 0.717) is 13.0 Å². The molecule has 0 amide bonds. The number of alkyl halides is 1. The fraction of sp³-hybridized carbons (Fsp3) is 1.00. The molecule has 0 aliphatic heterocycles. The van der Waals surface area contributed by atoms with Crippen LogP contribution in [0.15, 0.2) is 0 Å². The molecule has 13 heavy (non-hydrogen) atoms. The lowest BCUT2D eigenvalue weighted by molar-refractivity contribution is 0.266. The maximum Gasteiger partial charge on any atom is 0.113 e. The third kappa shape index (κ3) is 9.81. The Bertz CT molecular complexity index is 118. The smallest absolute Gasteiger partial charge is 0.113 e. The van der Waals surface area contributed by atoms with Crippen LogP contribution in [0.5, 0.6) is 0 Å². The van der Waals surface area contributed by atoms with E-state index in [1.54, 1.807) is 0 Å². The molecule has 0 heterocycles. The van der Waals surface area contributed by atoms with Crippen molar-refractivity contribution >= 4 is 0 Å². The number of halogens is 1. The van der Waals surface area contributed by atoms with Crippen molar-refractivity contribution in [2.24, 2.45) is 0 Å². The van der Waals surface area contributed by atoms with Crippen molar-refractivity contribution in [2.75, 3.05) is 6.54 Å². The molecule has 0 aromatic rings. The van der Waals surface area contributed by atoms with Crippen molar-refractivity contribution in [1.82, 2.24) is 5.32 Å². The van der Waals surface area contributed by atoms with E-state index in [2.05, 4.69) is 33.0 Å². The molecule has 2 heteroatoms. The van der Waals surface area contributed by atoms with Gasteiger partial charge in [0.05, 0.1) is 0 Å². The van der Waals surface area contributed by atoms with Crippen molar-refractivity contribution in [3.05, 3.63) is 0 Å². The highest BCUT2D eigenvalue weighted by molar-refractivity contribution is 4.72. The molecule has 0 radical (unpaired) electrons. The van der Waals surface area contributed by atoms with Gasteiger partial charge in [-0.15, -0.1) is 0 Å². The molecule has 0 aromatic heterocycles. The van der Waals surface area contributed by atoms with Crippen molar-refractivity contribution in [2.45, 2.75) is 65.1 Å². The highest BCUT2D eigenvalue weighted by Crippen LogP contribution is 2.07. The van der Waals surface area contributed by atoms with Crippen LogP contribution in [0.3, 0.4) is 0 Å². The SMILES string of the molecule is CCCCCC(F)CNC(C)(C)C. The molecule has 0 rings (SSSR count). The van der Waals surface area contributed by atoms with Crippen LogP contribution in [0.1, 0.15) is 53.4 Å². The van der Waals surface area contributed by atoms with Gasteiger partial charge in [0.1, 0.15) is 6.17 Å². The van der Waals surface area contributed by atoms with Crippen LogP contribution in [0.2, 0.25) is 0 Å². The summed E-state index contributed by atoms with van der Waals surface area (Å²) in [6.45, 7) is 8.82. The first-order chi connectivity index (χ1) is 5.95. The minimum absolute atomic E-state index is 0.0368. The van der Waals surface area contributed by atoms with E-state index in [-0.39, 0.29) is 5.54 Å². The average Bonchev–Trinajstić information content (AvgIpc) is 2.00. The van der Waals surface area contributed by atoms with Crippen molar-refractivity contribution in [3.8, 4) is 0 Å². The molecule has 0 fully saturated rings. The Labute approximate surface area is 82.1 Å². The fourth-order valence-electron chi connectivity index (χ4n) is 1.13. The minimum atomic E-state index is -0.675. The second-order valence-corrected chi connectivity index (χ2v) is 4.72. The molecular weight excluding hydrogens is 165 g/mol. The van der Waals surface area contributed by atoms with E-state index in [0.717, 1.165) is 12.8 Å². The zero-order valence-corrected chi connectivity index (χ0v) is 9.49. The van der Waals surface area contributed by atoms with E-state index >= 15 is 0 Å². The van der Waals surface area contributed by atoms with Gasteiger partial charge in [-0.3, -0.25) is 0 Å². The van der Waals surface area contributed by atoms with E-state index in [9.17, 15) is 4.39 Å². The van der Waals surface area contributed by atoms with Gasteiger partial charge in [0, 0.05) is 12.1 Å². The van der Waals surface area contributed by atoms with Gasteiger partial charge in [0.25, 0.3) is 0 Å². The van der Waals surface area contributed by atoms with Gasteiger partial charge in [-0.1, -0.05) is 26.2 Å². The summed E-state index contributed by atoms with van der Waals surface area (Å²) in [6, 6.07) is 0. The first kappa shape index (κ1) is 12.9. The largest absolute Gasteiger partial charge is 0.309 e. The predicted molar refractivity (Wildman–Crippen MR) is 56.8 cm³/mol. The third-order valence-electron chi connectivity index (χ3n) is 1.97. The quantitative estimate of drug-likeness (QED) is 0.632. The van der Waals surface area contributed by atoms with Gasteiger partial charge < -0.3 is 5.32 Å².